The highest BCUT2D eigenvalue weighted by molar-refractivity contribution is 5.10. The van der Waals surface area contributed by atoms with Gasteiger partial charge in [-0.2, -0.15) is 0 Å². The lowest BCUT2D eigenvalue weighted by Gasteiger charge is -2.01. The van der Waals surface area contributed by atoms with Crippen LogP contribution in [0, 0.1) is 6.57 Å². The Labute approximate surface area is 60.7 Å². The minimum atomic E-state index is -0.213. The topological polar surface area (TPSA) is 22.8 Å². The smallest absolute Gasteiger partial charge is 0.259 e. The second-order valence-corrected chi connectivity index (χ2v) is 2.50. The second-order valence-electron chi connectivity index (χ2n) is 2.50. The first-order chi connectivity index (χ1) is 4.83. The van der Waals surface area contributed by atoms with Gasteiger partial charge in [-0.1, -0.05) is 0 Å². The molecule has 0 atom stereocenters. The van der Waals surface area contributed by atoms with Crippen LogP contribution in [0.1, 0.15) is 19.8 Å². The molecule has 0 saturated heterocycles. The van der Waals surface area contributed by atoms with E-state index in [0.717, 1.165) is 12.8 Å². The van der Waals surface area contributed by atoms with Gasteiger partial charge in [-0.3, -0.25) is 0 Å². The zero-order chi connectivity index (χ0) is 7.45. The van der Waals surface area contributed by atoms with E-state index in [4.69, 9.17) is 11.5 Å². The van der Waals surface area contributed by atoms with Gasteiger partial charge in [-0.05, 0) is 6.92 Å². The van der Waals surface area contributed by atoms with E-state index in [1.54, 1.807) is 0 Å². The van der Waals surface area contributed by atoms with E-state index in [9.17, 15) is 0 Å². The summed E-state index contributed by atoms with van der Waals surface area (Å²) in [6, 6.07) is 0. The van der Waals surface area contributed by atoms with Gasteiger partial charge < -0.3 is 4.85 Å². The van der Waals surface area contributed by atoms with Crippen LogP contribution in [-0.4, -0.2) is 18.8 Å². The van der Waals surface area contributed by atoms with Crippen LogP contribution in [0.3, 0.4) is 0 Å². The van der Waals surface area contributed by atoms with Crippen LogP contribution in [0.4, 0.5) is 0 Å². The van der Waals surface area contributed by atoms with Gasteiger partial charge >= 0.3 is 0 Å². The summed E-state index contributed by atoms with van der Waals surface area (Å²) in [4.78, 5) is 12.9. The fourth-order valence-corrected chi connectivity index (χ4v) is 0.667. The molecule has 1 rings (SSSR count). The van der Waals surface area contributed by atoms with Crippen molar-refractivity contribution in [2.24, 2.45) is 0 Å². The van der Waals surface area contributed by atoms with Crippen molar-refractivity contribution in [2.45, 2.75) is 25.3 Å². The van der Waals surface area contributed by atoms with E-state index in [2.05, 4.69) is 9.73 Å². The molecule has 0 aromatic carbocycles. The lowest BCUT2D eigenvalue weighted by atomic mass is 10.3. The van der Waals surface area contributed by atoms with Gasteiger partial charge in [-0.15, -0.1) is 0 Å². The van der Waals surface area contributed by atoms with Gasteiger partial charge in [-0.25, -0.2) is 16.3 Å². The average molecular weight is 141 g/mol. The Morgan fingerprint density at radius 3 is 2.60 bits per heavy atom. The monoisotopic (exact) mass is 141 g/mol. The number of nitrogens with zero attached hydrogens (tertiary/aromatic N) is 1. The molecule has 0 unspecified atom stereocenters. The highest BCUT2D eigenvalue weighted by Gasteiger charge is 2.51. The third-order valence-corrected chi connectivity index (χ3v) is 1.59. The van der Waals surface area contributed by atoms with Crippen LogP contribution in [-0.2, 0) is 9.78 Å². The molecule has 0 N–H and O–H groups in total. The maximum atomic E-state index is 6.79. The molecule has 10 heavy (non-hydrogen) atoms. The molecule has 0 aromatic rings. The van der Waals surface area contributed by atoms with Crippen molar-refractivity contribution in [3.8, 4) is 0 Å². The van der Waals surface area contributed by atoms with Gasteiger partial charge in [0.25, 0.3) is 5.54 Å². The van der Waals surface area contributed by atoms with Crippen LogP contribution in [0.25, 0.3) is 4.85 Å². The van der Waals surface area contributed by atoms with E-state index in [0.29, 0.717) is 13.2 Å². The molecule has 1 saturated carbocycles. The van der Waals surface area contributed by atoms with Crippen LogP contribution in [0.2, 0.25) is 0 Å². The van der Waals surface area contributed by atoms with Gasteiger partial charge in [0.2, 0.25) is 0 Å². The van der Waals surface area contributed by atoms with Crippen LogP contribution >= 0.6 is 0 Å². The Kier molecular flexibility index (Phi) is 2.25. The second kappa shape index (κ2) is 3.00. The van der Waals surface area contributed by atoms with E-state index in [-0.39, 0.29) is 5.54 Å². The summed E-state index contributed by atoms with van der Waals surface area (Å²) in [7, 11) is 0. The van der Waals surface area contributed by atoms with Gasteiger partial charge in [0.05, 0.1) is 6.61 Å². The van der Waals surface area contributed by atoms with Crippen molar-refractivity contribution in [1.29, 1.82) is 0 Å². The minimum absolute atomic E-state index is 0.213. The molecule has 0 bridgehead atoms. The van der Waals surface area contributed by atoms with E-state index in [1.807, 2.05) is 6.92 Å². The molecular weight excluding hydrogens is 130 g/mol. The molecule has 0 aliphatic heterocycles. The molecule has 1 aliphatic rings. The summed E-state index contributed by atoms with van der Waals surface area (Å²) >= 11 is 0. The molecule has 0 heterocycles. The Hall–Kier alpha value is -0.590. The predicted octanol–water partition coefficient (Wildman–Crippen LogP) is 1.41. The summed E-state index contributed by atoms with van der Waals surface area (Å²) in [5, 5.41) is 0. The molecule has 0 spiro atoms. The molecule has 3 heteroatoms. The largest absolute Gasteiger partial charge is 0.308 e. The standard InChI is InChI=1S/C7H11NO2/c1-3-9-10-6-7(8-2)4-5-7/h3-6H2,1H3. The van der Waals surface area contributed by atoms with Crippen LogP contribution in [0.5, 0.6) is 0 Å². The first-order valence-electron chi connectivity index (χ1n) is 3.46. The summed E-state index contributed by atoms with van der Waals surface area (Å²) in [5.74, 6) is 0. The molecule has 0 radical (unpaired) electrons. The lowest BCUT2D eigenvalue weighted by molar-refractivity contribution is -0.293. The Balaban J connectivity index is 2.09. The Morgan fingerprint density at radius 2 is 2.20 bits per heavy atom. The summed E-state index contributed by atoms with van der Waals surface area (Å²) in [6.45, 7) is 9.64. The SMILES string of the molecule is [C-]#[N+]C1(COOCC)CC1. The molecular formula is C7H11NO2. The molecule has 3 nitrogen and oxygen atoms in total. The third-order valence-electron chi connectivity index (χ3n) is 1.59. The number of hydrogen-bond acceptors (Lipinski definition) is 2. The summed E-state index contributed by atoms with van der Waals surface area (Å²) in [5.41, 5.74) is -0.213. The molecule has 1 fully saturated rings. The lowest BCUT2D eigenvalue weighted by Crippen LogP contribution is -2.12. The molecule has 1 aliphatic carbocycles. The fraction of sp³-hybridized carbons (Fsp3) is 0.857. The van der Waals surface area contributed by atoms with E-state index >= 15 is 0 Å². The predicted molar refractivity (Wildman–Crippen MR) is 36.1 cm³/mol. The highest BCUT2D eigenvalue weighted by Crippen LogP contribution is 2.39. The number of rotatable bonds is 4. The fourth-order valence-electron chi connectivity index (χ4n) is 0.667. The zero-order valence-electron chi connectivity index (χ0n) is 6.09. The maximum absolute atomic E-state index is 6.79. The summed E-state index contributed by atoms with van der Waals surface area (Å²) < 4.78 is 0. The summed E-state index contributed by atoms with van der Waals surface area (Å²) in [6.07, 6.45) is 1.92. The van der Waals surface area contributed by atoms with Crippen LogP contribution in [0.15, 0.2) is 0 Å². The van der Waals surface area contributed by atoms with Crippen LogP contribution < -0.4 is 0 Å². The van der Waals surface area contributed by atoms with E-state index < -0.39 is 0 Å². The normalized spacial score (nSPS) is 20.0. The highest BCUT2D eigenvalue weighted by atomic mass is 17.2. The first-order valence-corrected chi connectivity index (χ1v) is 3.46. The first kappa shape index (κ1) is 7.52. The average Bonchev–Trinajstić information content (AvgIpc) is 2.70. The van der Waals surface area contributed by atoms with Gasteiger partial charge in [0.15, 0.2) is 6.61 Å². The quantitative estimate of drug-likeness (QED) is 0.255. The Bertz CT molecular complexity index is 146. The Morgan fingerprint density at radius 1 is 1.50 bits per heavy atom. The van der Waals surface area contributed by atoms with Crippen molar-refractivity contribution < 1.29 is 9.78 Å². The molecule has 0 aromatic heterocycles. The van der Waals surface area contributed by atoms with Crippen molar-refractivity contribution in [3.05, 3.63) is 11.4 Å². The molecule has 56 valence electrons. The minimum Gasteiger partial charge on any atom is -0.308 e. The van der Waals surface area contributed by atoms with Gasteiger partial charge in [0, 0.05) is 12.8 Å². The third kappa shape index (κ3) is 1.69. The number of hydrogen-bond donors (Lipinski definition) is 0. The van der Waals surface area contributed by atoms with Crippen molar-refractivity contribution in [3.63, 3.8) is 0 Å². The zero-order valence-corrected chi connectivity index (χ0v) is 6.09. The van der Waals surface area contributed by atoms with Crippen molar-refractivity contribution >= 4 is 0 Å². The van der Waals surface area contributed by atoms with Crippen molar-refractivity contribution in [2.75, 3.05) is 13.2 Å². The van der Waals surface area contributed by atoms with E-state index in [1.165, 1.54) is 0 Å². The molecule has 0 amide bonds. The maximum Gasteiger partial charge on any atom is 0.259 e. The van der Waals surface area contributed by atoms with Crippen molar-refractivity contribution in [1.82, 2.24) is 0 Å². The van der Waals surface area contributed by atoms with Gasteiger partial charge in [0.1, 0.15) is 0 Å².